The Labute approximate surface area is 786 Å². The standard InChI is InChI=1S/C30H20N2.C24H15ClN2.C16H12BO2.C16H11Br.C10H8BO2.C8H4Cl2N2.C6H4BrI/c1-2-8-22(9-3-1)32-29-13-7-5-11-24(29)26-19-21(15-17-30(26)32)20-14-16-28-25(18-20)23-10-4-6-12-27(23)31-28;25-24-26-22-8-4-3-7-21(22)23(27-24)18-12-9-17(10-13-18)20-14-11-16-5-1-2-6-19(16)15-20;18-17-19-16-9-7-13(8-10-16)15-6-5-12-3-1-2-4-14(12)11-15;17-16-9-7-13(8-10-16)15-6-5-12-3-1-2-4-14(12)11-15;12-11-13-10-6-5-8-3-1-2-4-9(8)7-10;9-7-5-3-1-2-4-6(5)11-8(10)12-7;7-5-1-3-6(8)4-2-5/h1-19,31H;1-15H;1-11,18H;1-11H;1-7,12H;1-4H;1-4H. The summed E-state index contributed by atoms with van der Waals surface area (Å²) in [5, 5.41) is 34.6. The van der Waals surface area contributed by atoms with Crippen LogP contribution in [0.15, 0.2) is 440 Å². The van der Waals surface area contributed by atoms with Gasteiger partial charge in [-0.25, -0.2) is 19.9 Å². The Bertz CT molecular complexity index is 7820. The number of nitrogens with one attached hydrogen (secondary N) is 1. The van der Waals surface area contributed by atoms with Gasteiger partial charge in [0.2, 0.25) is 10.6 Å². The maximum atomic E-state index is 8.58. The minimum absolute atomic E-state index is 0.179. The molecule has 0 spiro atoms. The number of nitrogens with zero attached hydrogens (tertiary/aromatic N) is 5. The SMILES string of the molecule is Brc1ccc(-c2ccc3ccccc3c2)cc1.Brc1ccc(I)cc1.Clc1nc(-c2ccc(-c3ccc4ccccc4c3)cc2)c2ccccc2n1.Clc1nc(Cl)c2ccccc2n1.O[B]Oc1ccc(-c2ccc3ccccc3c2)cc1.O[B]Oc1ccc2ccccc2c1.c1ccc(-n2c3ccccc3c3cc(-c4ccc5[nH]c6ccccc6c5c4)ccc32)cc1. The molecule has 4 heterocycles. The number of rotatable bonds is 10. The highest BCUT2D eigenvalue weighted by molar-refractivity contribution is 14.1. The Morgan fingerprint density at radius 3 is 1.20 bits per heavy atom. The maximum absolute atomic E-state index is 8.58. The summed E-state index contributed by atoms with van der Waals surface area (Å²) >= 11 is 26.7. The van der Waals surface area contributed by atoms with Crippen molar-refractivity contribution >= 4 is 213 Å². The molecule has 18 heteroatoms. The van der Waals surface area contributed by atoms with Gasteiger partial charge in [-0.15, -0.1) is 0 Å². The van der Waals surface area contributed by atoms with Gasteiger partial charge in [-0.1, -0.05) is 329 Å². The van der Waals surface area contributed by atoms with E-state index >= 15 is 0 Å². The highest BCUT2D eigenvalue weighted by Crippen LogP contribution is 2.39. The summed E-state index contributed by atoms with van der Waals surface area (Å²) in [5.74, 6) is 1.26. The molecule has 0 unspecified atom stereocenters. The smallest absolute Gasteiger partial charge is 0.537 e. The minimum Gasteiger partial charge on any atom is -0.537 e. The van der Waals surface area contributed by atoms with E-state index in [0.717, 1.165) is 58.3 Å². The van der Waals surface area contributed by atoms with Gasteiger partial charge in [0.1, 0.15) is 16.7 Å². The molecule has 616 valence electrons. The van der Waals surface area contributed by atoms with Gasteiger partial charge >= 0.3 is 15.4 Å². The molecule has 0 aliphatic heterocycles. The quantitative estimate of drug-likeness (QED) is 0.0534. The number of aromatic amines is 1. The lowest BCUT2D eigenvalue weighted by molar-refractivity contribution is 0.453. The first-order valence-electron chi connectivity index (χ1n) is 41.0. The monoisotopic (exact) mass is 1950 g/mol. The van der Waals surface area contributed by atoms with Crippen LogP contribution < -0.4 is 9.31 Å². The summed E-state index contributed by atoms with van der Waals surface area (Å²) in [6.07, 6.45) is 0. The van der Waals surface area contributed by atoms with Crippen LogP contribution in [0, 0.1) is 3.57 Å². The fourth-order valence-electron chi connectivity index (χ4n) is 15.4. The van der Waals surface area contributed by atoms with Crippen molar-refractivity contribution in [2.45, 2.75) is 0 Å². The van der Waals surface area contributed by atoms with E-state index in [1.54, 1.807) is 0 Å². The van der Waals surface area contributed by atoms with Crippen molar-refractivity contribution < 1.29 is 19.4 Å². The van der Waals surface area contributed by atoms with Gasteiger partial charge in [-0.3, -0.25) is 0 Å². The lowest BCUT2D eigenvalue weighted by Crippen LogP contribution is -1.99. The van der Waals surface area contributed by atoms with E-state index in [-0.39, 0.29) is 10.6 Å². The zero-order valence-electron chi connectivity index (χ0n) is 68.4. The third kappa shape index (κ3) is 21.0. The number of para-hydroxylation sites is 5. The molecule has 0 atom stereocenters. The number of hydrogen-bond donors (Lipinski definition) is 3. The molecule has 0 saturated carbocycles. The van der Waals surface area contributed by atoms with Gasteiger partial charge in [-0.2, -0.15) is 0 Å². The van der Waals surface area contributed by atoms with Crippen molar-refractivity contribution in [3.8, 4) is 73.0 Å². The molecule has 0 aliphatic carbocycles. The van der Waals surface area contributed by atoms with Crippen molar-refractivity contribution in [3.05, 3.63) is 459 Å². The predicted octanol–water partition coefficient (Wildman–Crippen LogP) is 31.3. The summed E-state index contributed by atoms with van der Waals surface area (Å²) in [5.41, 5.74) is 19.2. The first-order valence-corrected chi connectivity index (χ1v) is 44.8. The summed E-state index contributed by atoms with van der Waals surface area (Å²) in [4.78, 5) is 20.1. The molecule has 23 rings (SSSR count). The lowest BCUT2D eigenvalue weighted by atomic mass is 9.99. The molecule has 23 aromatic rings. The van der Waals surface area contributed by atoms with Crippen LogP contribution in [0.5, 0.6) is 11.5 Å². The molecule has 0 amide bonds. The number of halogens is 6. The molecule has 0 aliphatic rings. The van der Waals surface area contributed by atoms with Crippen LogP contribution in [0.25, 0.3) is 170 Å². The third-order valence-corrected chi connectivity index (χ3v) is 24.0. The average Bonchev–Trinajstić information content (AvgIpc) is 1.59. The van der Waals surface area contributed by atoms with Crippen molar-refractivity contribution in [3.63, 3.8) is 0 Å². The van der Waals surface area contributed by atoms with Gasteiger partial charge in [0.25, 0.3) is 0 Å². The largest absolute Gasteiger partial charge is 0.569 e. The van der Waals surface area contributed by atoms with Crippen molar-refractivity contribution in [2.75, 3.05) is 0 Å². The van der Waals surface area contributed by atoms with Gasteiger partial charge in [0.05, 0.1) is 27.8 Å². The van der Waals surface area contributed by atoms with Crippen LogP contribution in [0.2, 0.25) is 15.7 Å². The van der Waals surface area contributed by atoms with E-state index < -0.39 is 0 Å². The molecule has 0 bridgehead atoms. The van der Waals surface area contributed by atoms with Crippen LogP contribution in [0.3, 0.4) is 0 Å². The number of fused-ring (bicyclic) bond motifs is 12. The van der Waals surface area contributed by atoms with Crippen molar-refractivity contribution in [1.82, 2.24) is 29.5 Å². The van der Waals surface area contributed by atoms with Gasteiger partial charge in [-0.05, 0) is 279 Å². The van der Waals surface area contributed by atoms with Crippen molar-refractivity contribution in [1.29, 1.82) is 0 Å². The zero-order chi connectivity index (χ0) is 87.7. The number of aromatic nitrogens is 6. The number of benzene rings is 19. The zero-order valence-corrected chi connectivity index (χ0v) is 76.0. The molecule has 10 nitrogen and oxygen atoms in total. The number of hydrogen-bond acceptors (Lipinski definition) is 8. The molecule has 128 heavy (non-hydrogen) atoms. The molecule has 19 aromatic carbocycles. The Morgan fingerprint density at radius 1 is 0.281 bits per heavy atom. The van der Waals surface area contributed by atoms with E-state index in [9.17, 15) is 0 Å². The summed E-state index contributed by atoms with van der Waals surface area (Å²) in [7, 11) is 1.37. The Kier molecular flexibility index (Phi) is 28.1. The molecular weight excluding hydrogens is 1880 g/mol. The van der Waals surface area contributed by atoms with Gasteiger partial charge in [0.15, 0.2) is 0 Å². The summed E-state index contributed by atoms with van der Waals surface area (Å²) in [6, 6.07) is 148. The predicted molar refractivity (Wildman–Crippen MR) is 553 cm³/mol. The molecule has 0 fully saturated rings. The van der Waals surface area contributed by atoms with Crippen LogP contribution >= 0.6 is 89.3 Å². The maximum Gasteiger partial charge on any atom is 0.569 e. The summed E-state index contributed by atoms with van der Waals surface area (Å²) in [6.45, 7) is 0. The minimum atomic E-state index is 0.179. The van der Waals surface area contributed by atoms with Crippen LogP contribution in [0.4, 0.5) is 0 Å². The normalized spacial score (nSPS) is 10.8. The first kappa shape index (κ1) is 86.8. The van der Waals surface area contributed by atoms with Crippen LogP contribution in [0.1, 0.15) is 0 Å². The second kappa shape index (κ2) is 41.4. The second-order valence-electron chi connectivity index (χ2n) is 29.7. The molecule has 4 aromatic heterocycles. The van der Waals surface area contributed by atoms with E-state index in [0.29, 0.717) is 32.0 Å². The number of H-pyrrole nitrogens is 1. The first-order chi connectivity index (χ1) is 62.8. The van der Waals surface area contributed by atoms with Crippen LogP contribution in [-0.2, 0) is 0 Å². The van der Waals surface area contributed by atoms with E-state index in [1.165, 1.54) is 124 Å². The van der Waals surface area contributed by atoms with Crippen LogP contribution in [-0.4, -0.2) is 54.9 Å². The Morgan fingerprint density at radius 2 is 0.648 bits per heavy atom. The topological polar surface area (TPSA) is 131 Å². The Balaban J connectivity index is 0.000000109. The highest BCUT2D eigenvalue weighted by Gasteiger charge is 2.16. The summed E-state index contributed by atoms with van der Waals surface area (Å²) < 4.78 is 15.6. The fraction of sp³-hybridized carbons (Fsp3) is 0. The lowest BCUT2D eigenvalue weighted by Gasteiger charge is -2.08. The highest BCUT2D eigenvalue weighted by atomic mass is 127. The molecule has 0 saturated heterocycles. The second-order valence-corrected chi connectivity index (χ2v) is 33.8. The van der Waals surface area contributed by atoms with Gasteiger partial charge < -0.3 is 28.9 Å². The average molecular weight is 1960 g/mol. The van der Waals surface area contributed by atoms with Gasteiger partial charge in [0, 0.05) is 67.1 Å². The van der Waals surface area contributed by atoms with Crippen molar-refractivity contribution in [2.24, 2.45) is 0 Å². The fourth-order valence-corrected chi connectivity index (χ4v) is 16.9. The molecule has 2 radical (unpaired) electrons. The van der Waals surface area contributed by atoms with E-state index in [1.807, 2.05) is 140 Å². The van der Waals surface area contributed by atoms with E-state index in [4.69, 9.17) is 54.2 Å². The molecular formula is C110H74B2Br2Cl3IN6O4. The van der Waals surface area contributed by atoms with E-state index in [2.05, 4.69) is 375 Å². The third-order valence-electron chi connectivity index (χ3n) is 21.6. The Hall–Kier alpha value is -13.3. The molecule has 3 N–H and O–H groups in total.